The van der Waals surface area contributed by atoms with E-state index in [1.54, 1.807) is 0 Å². The number of halogens is 1. The van der Waals surface area contributed by atoms with E-state index in [0.29, 0.717) is 0 Å². The fraction of sp³-hybridized carbons (Fsp3) is 0.143. The smallest absolute Gasteiger partial charge is 0.127 e. The van der Waals surface area contributed by atoms with Crippen molar-refractivity contribution >= 4 is 21.6 Å². The number of anilines is 1. The molecule has 0 spiro atoms. The van der Waals surface area contributed by atoms with Crippen LogP contribution in [0.2, 0.25) is 0 Å². The Balaban J connectivity index is 2.08. The van der Waals surface area contributed by atoms with Gasteiger partial charge in [0, 0.05) is 12.7 Å². The largest absolute Gasteiger partial charge is 0.457 e. The Labute approximate surface area is 110 Å². The second kappa shape index (κ2) is 5.73. The third-order valence-electron chi connectivity index (χ3n) is 2.44. The third kappa shape index (κ3) is 3.24. The molecule has 0 saturated carbocycles. The topological polar surface area (TPSA) is 12.5 Å². The van der Waals surface area contributed by atoms with Gasteiger partial charge < -0.3 is 9.64 Å². The maximum Gasteiger partial charge on any atom is 0.127 e. The molecule has 0 saturated heterocycles. The molecule has 0 amide bonds. The second-order valence-electron chi connectivity index (χ2n) is 3.73. The number of hydrogen-bond acceptors (Lipinski definition) is 2. The van der Waals surface area contributed by atoms with Gasteiger partial charge >= 0.3 is 0 Å². The molecule has 0 heterocycles. The van der Waals surface area contributed by atoms with Crippen LogP contribution in [0.15, 0.2) is 54.6 Å². The van der Waals surface area contributed by atoms with Crippen LogP contribution in [0.1, 0.15) is 0 Å². The Hall–Kier alpha value is -1.48. The first-order chi connectivity index (χ1) is 8.29. The minimum absolute atomic E-state index is 0.811. The van der Waals surface area contributed by atoms with Crippen LogP contribution in [0.25, 0.3) is 0 Å². The zero-order chi connectivity index (χ0) is 12.1. The van der Waals surface area contributed by atoms with Gasteiger partial charge in [0.2, 0.25) is 0 Å². The van der Waals surface area contributed by atoms with E-state index in [9.17, 15) is 0 Å². The average molecular weight is 292 g/mol. The molecule has 0 bridgehead atoms. The average Bonchev–Trinajstić information content (AvgIpc) is 2.40. The Morgan fingerprint density at radius 2 is 1.53 bits per heavy atom. The summed E-state index contributed by atoms with van der Waals surface area (Å²) in [5, 5.41) is 0. The molecule has 17 heavy (non-hydrogen) atoms. The summed E-state index contributed by atoms with van der Waals surface area (Å²) in [5.74, 6) is 1.71. The maximum atomic E-state index is 5.72. The van der Waals surface area contributed by atoms with E-state index in [1.807, 2.05) is 61.6 Å². The SMILES string of the molecule is CN(CBr)c1ccc(Oc2ccccc2)cc1. The lowest BCUT2D eigenvalue weighted by Gasteiger charge is -2.15. The van der Waals surface area contributed by atoms with E-state index in [-0.39, 0.29) is 0 Å². The van der Waals surface area contributed by atoms with Gasteiger partial charge in [0.1, 0.15) is 11.5 Å². The molecule has 88 valence electrons. The molecule has 0 aliphatic heterocycles. The predicted molar refractivity (Wildman–Crippen MR) is 75.2 cm³/mol. The molecule has 0 radical (unpaired) electrons. The van der Waals surface area contributed by atoms with Crippen molar-refractivity contribution in [1.82, 2.24) is 0 Å². The Morgan fingerprint density at radius 1 is 0.941 bits per heavy atom. The summed E-state index contributed by atoms with van der Waals surface area (Å²) in [6, 6.07) is 17.8. The van der Waals surface area contributed by atoms with Crippen LogP contribution in [0, 0.1) is 0 Å². The van der Waals surface area contributed by atoms with Gasteiger partial charge in [0.05, 0.1) is 5.45 Å². The van der Waals surface area contributed by atoms with E-state index in [4.69, 9.17) is 4.74 Å². The minimum Gasteiger partial charge on any atom is -0.457 e. The number of benzene rings is 2. The fourth-order valence-corrected chi connectivity index (χ4v) is 1.75. The molecular formula is C14H14BrNO. The molecule has 0 unspecified atom stereocenters. The lowest BCUT2D eigenvalue weighted by molar-refractivity contribution is 0.483. The van der Waals surface area contributed by atoms with Crippen molar-refractivity contribution in [3.05, 3.63) is 54.6 Å². The van der Waals surface area contributed by atoms with Crippen molar-refractivity contribution in [1.29, 1.82) is 0 Å². The molecule has 2 aromatic rings. The number of rotatable bonds is 4. The third-order valence-corrected chi connectivity index (χ3v) is 3.19. The molecule has 2 nitrogen and oxygen atoms in total. The monoisotopic (exact) mass is 291 g/mol. The molecule has 3 heteroatoms. The van der Waals surface area contributed by atoms with Crippen LogP contribution in [-0.2, 0) is 0 Å². The van der Waals surface area contributed by atoms with Crippen molar-refractivity contribution < 1.29 is 4.74 Å². The van der Waals surface area contributed by atoms with Crippen LogP contribution in [0.3, 0.4) is 0 Å². The zero-order valence-electron chi connectivity index (χ0n) is 9.64. The quantitative estimate of drug-likeness (QED) is 0.616. The number of hydrogen-bond donors (Lipinski definition) is 0. The van der Waals surface area contributed by atoms with E-state index >= 15 is 0 Å². The van der Waals surface area contributed by atoms with Crippen LogP contribution < -0.4 is 9.64 Å². The van der Waals surface area contributed by atoms with Crippen LogP contribution in [-0.4, -0.2) is 12.5 Å². The molecule has 0 N–H and O–H groups in total. The standard InChI is InChI=1S/C14H14BrNO/c1-16(11-15)12-7-9-14(10-8-12)17-13-5-3-2-4-6-13/h2-10H,11H2,1H3. The highest BCUT2D eigenvalue weighted by molar-refractivity contribution is 9.09. The summed E-state index contributed by atoms with van der Waals surface area (Å²) in [5.41, 5.74) is 1.97. The van der Waals surface area contributed by atoms with Crippen molar-refractivity contribution in [2.75, 3.05) is 17.4 Å². The van der Waals surface area contributed by atoms with E-state index < -0.39 is 0 Å². The van der Waals surface area contributed by atoms with Crippen molar-refractivity contribution in [3.8, 4) is 11.5 Å². The molecule has 0 aliphatic rings. The lowest BCUT2D eigenvalue weighted by Crippen LogP contribution is -2.13. The first-order valence-corrected chi connectivity index (χ1v) is 6.52. The van der Waals surface area contributed by atoms with E-state index in [2.05, 4.69) is 20.8 Å². The van der Waals surface area contributed by atoms with Crippen molar-refractivity contribution in [2.45, 2.75) is 0 Å². The summed E-state index contributed by atoms with van der Waals surface area (Å²) in [6.07, 6.45) is 0. The molecule has 0 aromatic heterocycles. The highest BCUT2D eigenvalue weighted by Gasteiger charge is 2.00. The fourth-order valence-electron chi connectivity index (χ4n) is 1.46. The molecule has 0 fully saturated rings. The summed E-state index contributed by atoms with van der Waals surface area (Å²) < 4.78 is 5.72. The Morgan fingerprint density at radius 3 is 2.12 bits per heavy atom. The predicted octanol–water partition coefficient (Wildman–Crippen LogP) is 4.27. The van der Waals surface area contributed by atoms with Gasteiger partial charge in [-0.25, -0.2) is 0 Å². The summed E-state index contributed by atoms with van der Waals surface area (Å²) in [4.78, 5) is 2.10. The summed E-state index contributed by atoms with van der Waals surface area (Å²) >= 11 is 3.42. The van der Waals surface area contributed by atoms with Gasteiger partial charge in [0.25, 0.3) is 0 Å². The molecule has 2 aromatic carbocycles. The van der Waals surface area contributed by atoms with Gasteiger partial charge in [-0.3, -0.25) is 0 Å². The summed E-state index contributed by atoms with van der Waals surface area (Å²) in [6.45, 7) is 0. The van der Waals surface area contributed by atoms with E-state index in [0.717, 1.165) is 22.6 Å². The van der Waals surface area contributed by atoms with Crippen LogP contribution >= 0.6 is 15.9 Å². The number of alkyl halides is 1. The van der Waals surface area contributed by atoms with Crippen LogP contribution in [0.4, 0.5) is 5.69 Å². The minimum atomic E-state index is 0.811. The maximum absolute atomic E-state index is 5.72. The normalized spacial score (nSPS) is 10.0. The highest BCUT2D eigenvalue weighted by atomic mass is 79.9. The van der Waals surface area contributed by atoms with Gasteiger partial charge in [-0.1, -0.05) is 34.1 Å². The summed E-state index contributed by atoms with van der Waals surface area (Å²) in [7, 11) is 2.03. The second-order valence-corrected chi connectivity index (χ2v) is 4.23. The highest BCUT2D eigenvalue weighted by Crippen LogP contribution is 2.23. The number of ether oxygens (including phenoxy) is 1. The van der Waals surface area contributed by atoms with Gasteiger partial charge in [-0.05, 0) is 36.4 Å². The number of nitrogens with zero attached hydrogens (tertiary/aromatic N) is 1. The van der Waals surface area contributed by atoms with Gasteiger partial charge in [0.15, 0.2) is 0 Å². The first kappa shape index (κ1) is 12.0. The Kier molecular flexibility index (Phi) is 4.04. The van der Waals surface area contributed by atoms with Crippen molar-refractivity contribution in [3.63, 3.8) is 0 Å². The number of para-hydroxylation sites is 1. The van der Waals surface area contributed by atoms with Gasteiger partial charge in [-0.15, -0.1) is 0 Å². The zero-order valence-corrected chi connectivity index (χ0v) is 11.2. The first-order valence-electron chi connectivity index (χ1n) is 5.39. The van der Waals surface area contributed by atoms with Gasteiger partial charge in [-0.2, -0.15) is 0 Å². The van der Waals surface area contributed by atoms with Crippen molar-refractivity contribution in [2.24, 2.45) is 0 Å². The van der Waals surface area contributed by atoms with Crippen LogP contribution in [0.5, 0.6) is 11.5 Å². The molecule has 0 aliphatic carbocycles. The Bertz CT molecular complexity index is 455. The molecule has 2 rings (SSSR count). The van der Waals surface area contributed by atoms with E-state index in [1.165, 1.54) is 0 Å². The molecular weight excluding hydrogens is 278 g/mol. The lowest BCUT2D eigenvalue weighted by atomic mass is 10.3. The molecule has 0 atom stereocenters.